The smallest absolute Gasteiger partial charge is 0.261 e. The number of rotatable bonds is 20. The zero-order chi connectivity index (χ0) is 32.9. The number of sulfonamides is 1. The van der Waals surface area contributed by atoms with Crippen LogP contribution in [0.15, 0.2) is 76.0 Å². The van der Waals surface area contributed by atoms with Crippen molar-refractivity contribution >= 4 is 32.5 Å². The second-order valence-corrected chi connectivity index (χ2v) is 13.3. The van der Waals surface area contributed by atoms with Crippen LogP contribution in [0.25, 0.3) is 11.0 Å². The van der Waals surface area contributed by atoms with Gasteiger partial charge in [-0.2, -0.15) is 0 Å². The second-order valence-electron chi connectivity index (χ2n) is 11.6. The number of ketones is 1. The lowest BCUT2D eigenvalue weighted by Gasteiger charge is -2.21. The summed E-state index contributed by atoms with van der Waals surface area (Å²) in [5, 5.41) is 0.571. The molecule has 0 bridgehead atoms. The standard InChI is InChI=1S/C37H48N2O6S/c1-5-8-12-35-36(33-27-29(15-22-34(33)45-35)38-46(41,42)32-20-18-30(43-4)19-21-32)37(40)28-13-16-31(17-14-28)44-26-11-25-39(23-9-6-2)24-10-7-3/h13-22,27,38H,5-12,23-26H2,1-4H3. The molecule has 0 saturated heterocycles. The molecule has 4 aromatic rings. The minimum Gasteiger partial charge on any atom is -0.497 e. The van der Waals surface area contributed by atoms with Crippen LogP contribution in [0.1, 0.15) is 87.4 Å². The maximum absolute atomic E-state index is 13.9. The van der Waals surface area contributed by atoms with E-state index in [1.807, 2.05) is 12.1 Å². The summed E-state index contributed by atoms with van der Waals surface area (Å²) in [6, 6.07) is 18.4. The molecule has 0 unspecified atom stereocenters. The van der Waals surface area contributed by atoms with E-state index in [0.717, 1.165) is 44.6 Å². The van der Waals surface area contributed by atoms with Gasteiger partial charge in [0.15, 0.2) is 5.78 Å². The molecule has 0 spiro atoms. The summed E-state index contributed by atoms with van der Waals surface area (Å²) in [5.74, 6) is 1.72. The van der Waals surface area contributed by atoms with Gasteiger partial charge in [-0.15, -0.1) is 0 Å². The van der Waals surface area contributed by atoms with Crippen molar-refractivity contribution < 1.29 is 27.1 Å². The Morgan fingerprint density at radius 3 is 2.07 bits per heavy atom. The molecule has 4 rings (SSSR count). The van der Waals surface area contributed by atoms with Gasteiger partial charge in [0.05, 0.1) is 24.2 Å². The molecule has 0 aliphatic heterocycles. The molecule has 0 fully saturated rings. The zero-order valence-electron chi connectivity index (χ0n) is 27.6. The number of ether oxygens (including phenoxy) is 2. The van der Waals surface area contributed by atoms with Crippen LogP contribution < -0.4 is 14.2 Å². The molecular formula is C37H48N2O6S. The van der Waals surface area contributed by atoms with E-state index in [1.165, 1.54) is 44.9 Å². The first-order valence-corrected chi connectivity index (χ1v) is 18.0. The van der Waals surface area contributed by atoms with Crippen LogP contribution in [0.3, 0.4) is 0 Å². The van der Waals surface area contributed by atoms with Crippen molar-refractivity contribution in [3.63, 3.8) is 0 Å². The summed E-state index contributed by atoms with van der Waals surface area (Å²) in [7, 11) is -2.34. The van der Waals surface area contributed by atoms with Crippen LogP contribution in [0.5, 0.6) is 11.5 Å². The minimum absolute atomic E-state index is 0.105. The summed E-state index contributed by atoms with van der Waals surface area (Å²) < 4.78 is 46.2. The summed E-state index contributed by atoms with van der Waals surface area (Å²) in [6.45, 7) is 10.4. The highest BCUT2D eigenvalue weighted by atomic mass is 32.2. The lowest BCUT2D eigenvalue weighted by atomic mass is 9.98. The van der Waals surface area contributed by atoms with Gasteiger partial charge < -0.3 is 18.8 Å². The van der Waals surface area contributed by atoms with E-state index in [9.17, 15) is 13.2 Å². The number of carbonyl (C=O) groups is 1. The van der Waals surface area contributed by atoms with Gasteiger partial charge in [-0.3, -0.25) is 9.52 Å². The molecule has 0 aliphatic rings. The van der Waals surface area contributed by atoms with Gasteiger partial charge in [-0.25, -0.2) is 8.42 Å². The van der Waals surface area contributed by atoms with E-state index in [2.05, 4.69) is 30.4 Å². The number of methoxy groups -OCH3 is 1. The Morgan fingerprint density at radius 1 is 0.804 bits per heavy atom. The molecule has 0 aliphatic carbocycles. The molecule has 46 heavy (non-hydrogen) atoms. The summed E-state index contributed by atoms with van der Waals surface area (Å²) in [4.78, 5) is 16.6. The van der Waals surface area contributed by atoms with Gasteiger partial charge in [-0.05, 0) is 106 Å². The SMILES string of the molecule is CCCCc1oc2ccc(NS(=O)(=O)c3ccc(OC)cc3)cc2c1C(=O)c1ccc(OCCCN(CCCC)CCCC)cc1. The van der Waals surface area contributed by atoms with E-state index in [-0.39, 0.29) is 10.7 Å². The predicted octanol–water partition coefficient (Wildman–Crippen LogP) is 8.49. The molecule has 1 heterocycles. The van der Waals surface area contributed by atoms with Crippen molar-refractivity contribution in [1.29, 1.82) is 0 Å². The molecule has 3 aromatic carbocycles. The topological polar surface area (TPSA) is 98.1 Å². The Kier molecular flexibility index (Phi) is 13.1. The van der Waals surface area contributed by atoms with Gasteiger partial charge in [0, 0.05) is 29.6 Å². The average molecular weight is 649 g/mol. The number of hydrogen-bond acceptors (Lipinski definition) is 7. The predicted molar refractivity (Wildman–Crippen MR) is 185 cm³/mol. The van der Waals surface area contributed by atoms with E-state index in [4.69, 9.17) is 13.9 Å². The number of benzene rings is 3. The number of furan rings is 1. The fourth-order valence-electron chi connectivity index (χ4n) is 5.37. The molecule has 0 radical (unpaired) electrons. The van der Waals surface area contributed by atoms with Crippen molar-refractivity contribution in [1.82, 2.24) is 4.90 Å². The van der Waals surface area contributed by atoms with Gasteiger partial charge >= 0.3 is 0 Å². The number of nitrogens with one attached hydrogen (secondary N) is 1. The van der Waals surface area contributed by atoms with E-state index >= 15 is 0 Å². The van der Waals surface area contributed by atoms with Gasteiger partial charge in [0.2, 0.25) is 0 Å². The summed E-state index contributed by atoms with van der Waals surface area (Å²) >= 11 is 0. The van der Waals surface area contributed by atoms with Crippen molar-refractivity contribution in [2.75, 3.05) is 38.1 Å². The number of aryl methyl sites for hydroxylation is 1. The highest BCUT2D eigenvalue weighted by Crippen LogP contribution is 2.33. The monoisotopic (exact) mass is 648 g/mol. The molecule has 0 saturated carbocycles. The Morgan fingerprint density at radius 2 is 1.43 bits per heavy atom. The average Bonchev–Trinajstić information content (AvgIpc) is 3.43. The van der Waals surface area contributed by atoms with Crippen LogP contribution in [-0.2, 0) is 16.4 Å². The van der Waals surface area contributed by atoms with Gasteiger partial charge in [-0.1, -0.05) is 40.0 Å². The summed E-state index contributed by atoms with van der Waals surface area (Å²) in [6.07, 6.45) is 8.18. The Bertz CT molecular complexity index is 1640. The number of unbranched alkanes of at least 4 members (excludes halogenated alkanes) is 3. The lowest BCUT2D eigenvalue weighted by molar-refractivity contribution is 0.103. The van der Waals surface area contributed by atoms with E-state index in [1.54, 1.807) is 42.5 Å². The Balaban J connectivity index is 1.49. The third-order valence-electron chi connectivity index (χ3n) is 8.03. The summed E-state index contributed by atoms with van der Waals surface area (Å²) in [5.41, 5.74) is 1.85. The maximum atomic E-state index is 13.9. The largest absolute Gasteiger partial charge is 0.497 e. The van der Waals surface area contributed by atoms with E-state index in [0.29, 0.717) is 52.3 Å². The van der Waals surface area contributed by atoms with Crippen molar-refractivity contribution in [2.24, 2.45) is 0 Å². The number of anilines is 1. The first kappa shape index (κ1) is 35.0. The number of nitrogens with zero attached hydrogens (tertiary/aromatic N) is 1. The number of hydrogen-bond donors (Lipinski definition) is 1. The fraction of sp³-hybridized carbons (Fsp3) is 0.432. The maximum Gasteiger partial charge on any atom is 0.261 e. The van der Waals surface area contributed by atoms with Crippen molar-refractivity contribution in [3.05, 3.63) is 83.6 Å². The second kappa shape index (κ2) is 17.2. The number of carbonyl (C=O) groups excluding carboxylic acids is 1. The normalized spacial score (nSPS) is 11.7. The van der Waals surface area contributed by atoms with E-state index < -0.39 is 10.0 Å². The van der Waals surface area contributed by atoms with Gasteiger partial charge in [0.1, 0.15) is 22.8 Å². The quantitative estimate of drug-likeness (QED) is 0.0758. The van der Waals surface area contributed by atoms with Crippen LogP contribution in [0.4, 0.5) is 5.69 Å². The third-order valence-corrected chi connectivity index (χ3v) is 9.42. The Hall–Kier alpha value is -3.82. The fourth-order valence-corrected chi connectivity index (χ4v) is 6.42. The zero-order valence-corrected chi connectivity index (χ0v) is 28.5. The highest BCUT2D eigenvalue weighted by Gasteiger charge is 2.23. The van der Waals surface area contributed by atoms with Crippen molar-refractivity contribution in [3.8, 4) is 11.5 Å². The molecule has 1 N–H and O–H groups in total. The highest BCUT2D eigenvalue weighted by molar-refractivity contribution is 7.92. The molecule has 0 amide bonds. The van der Waals surface area contributed by atoms with Crippen molar-refractivity contribution in [2.45, 2.75) is 77.0 Å². The van der Waals surface area contributed by atoms with Crippen LogP contribution >= 0.6 is 0 Å². The minimum atomic E-state index is -3.87. The van der Waals surface area contributed by atoms with Crippen LogP contribution in [-0.4, -0.2) is 52.5 Å². The molecule has 1 aromatic heterocycles. The third kappa shape index (κ3) is 9.36. The first-order valence-electron chi connectivity index (χ1n) is 16.5. The first-order chi connectivity index (χ1) is 22.3. The molecular weight excluding hydrogens is 600 g/mol. The molecule has 248 valence electrons. The molecule has 8 nitrogen and oxygen atoms in total. The van der Waals surface area contributed by atoms with Crippen LogP contribution in [0.2, 0.25) is 0 Å². The molecule has 0 atom stereocenters. The molecule has 9 heteroatoms. The number of fused-ring (bicyclic) bond motifs is 1. The van der Waals surface area contributed by atoms with Crippen LogP contribution in [0, 0.1) is 0 Å². The Labute approximate surface area is 274 Å². The lowest BCUT2D eigenvalue weighted by Crippen LogP contribution is -2.28. The van der Waals surface area contributed by atoms with Gasteiger partial charge in [0.25, 0.3) is 10.0 Å².